The molecule has 0 aromatic carbocycles. The van der Waals surface area contributed by atoms with Gasteiger partial charge in [0.15, 0.2) is 0 Å². The minimum atomic E-state index is 0.732. The molecule has 0 spiro atoms. The highest BCUT2D eigenvalue weighted by atomic mass is 16.2. The molecule has 0 bridgehead atoms. The lowest BCUT2D eigenvalue weighted by Crippen LogP contribution is -2.52. The summed E-state index contributed by atoms with van der Waals surface area (Å²) in [7, 11) is 1.00. The Labute approximate surface area is 167 Å². The number of fused-ring (bicyclic) bond motifs is 1. The molecule has 0 amide bonds. The fourth-order valence-electron chi connectivity index (χ4n) is 5.87. The molecule has 2 atom stereocenters. The van der Waals surface area contributed by atoms with Crippen LogP contribution in [0.2, 0.25) is 0 Å². The molecule has 4 aliphatic rings. The van der Waals surface area contributed by atoms with Crippen molar-refractivity contribution in [2.75, 3.05) is 66.0 Å². The molecule has 0 aliphatic carbocycles. The number of nitrogens with zero attached hydrogens (tertiary/aromatic N) is 4. The number of likely N-dealkylation sites (tertiary alicyclic amines) is 1. The minimum absolute atomic E-state index is 0.732. The van der Waals surface area contributed by atoms with Crippen LogP contribution in [0.5, 0.6) is 0 Å². The third-order valence-electron chi connectivity index (χ3n) is 7.55. The van der Waals surface area contributed by atoms with Gasteiger partial charge in [0.1, 0.15) is 0 Å². The summed E-state index contributed by atoms with van der Waals surface area (Å²) in [6, 6.07) is 2.55. The topological polar surface area (TPSA) is 33.2 Å². The Morgan fingerprint density at radius 3 is 2.00 bits per heavy atom. The molecule has 0 aromatic rings. The van der Waals surface area contributed by atoms with Crippen molar-refractivity contribution in [2.24, 2.45) is 5.92 Å². The number of piperazine rings is 1. The maximum Gasteiger partial charge on any atom is 0.0319 e. The van der Waals surface area contributed by atoms with Crippen molar-refractivity contribution < 1.29 is 5.11 Å². The molecule has 4 fully saturated rings. The van der Waals surface area contributed by atoms with Gasteiger partial charge in [0, 0.05) is 64.5 Å². The monoisotopic (exact) mass is 380 g/mol. The SMILES string of the molecule is CC(C)N1CCC(CN2CCN(CC3CCC4CCCN43)CC2)CC1.CO. The number of aliphatic hydroxyl groups is 1. The summed E-state index contributed by atoms with van der Waals surface area (Å²) in [5.74, 6) is 0.946. The van der Waals surface area contributed by atoms with Gasteiger partial charge in [-0.25, -0.2) is 0 Å². The van der Waals surface area contributed by atoms with E-state index in [1.54, 1.807) is 0 Å². The lowest BCUT2D eigenvalue weighted by Gasteiger charge is -2.40. The van der Waals surface area contributed by atoms with Gasteiger partial charge in [0.2, 0.25) is 0 Å². The predicted molar refractivity (Wildman–Crippen MR) is 113 cm³/mol. The minimum Gasteiger partial charge on any atom is -0.400 e. The van der Waals surface area contributed by atoms with E-state index in [4.69, 9.17) is 5.11 Å². The summed E-state index contributed by atoms with van der Waals surface area (Å²) >= 11 is 0. The molecule has 4 rings (SSSR count). The second-order valence-electron chi connectivity index (χ2n) is 9.44. The molecule has 0 aromatic heterocycles. The van der Waals surface area contributed by atoms with Crippen LogP contribution in [0.1, 0.15) is 52.4 Å². The predicted octanol–water partition coefficient (Wildman–Crippen LogP) is 1.96. The first kappa shape index (κ1) is 21.5. The molecule has 1 N–H and O–H groups in total. The van der Waals surface area contributed by atoms with Crippen molar-refractivity contribution >= 4 is 0 Å². The van der Waals surface area contributed by atoms with Gasteiger partial charge in [-0.05, 0) is 77.9 Å². The standard InChI is InChI=1S/C21H40N4.CH4O/c1-18(2)24-10-7-19(8-11-24)16-22-12-14-23(15-13-22)17-21-6-5-20-4-3-9-25(20)21;1-2/h18-21H,3-17H2,1-2H3;2H,1H3. The smallest absolute Gasteiger partial charge is 0.0319 e. The molecule has 27 heavy (non-hydrogen) atoms. The van der Waals surface area contributed by atoms with E-state index in [0.717, 1.165) is 31.2 Å². The Balaban J connectivity index is 0.00000102. The number of rotatable bonds is 5. The zero-order valence-electron chi connectivity index (χ0n) is 18.2. The Hall–Kier alpha value is -0.200. The zero-order valence-corrected chi connectivity index (χ0v) is 18.2. The first-order valence-electron chi connectivity index (χ1n) is 11.6. The van der Waals surface area contributed by atoms with E-state index in [1.807, 2.05) is 0 Å². The van der Waals surface area contributed by atoms with Gasteiger partial charge in [0.05, 0.1) is 0 Å². The molecular weight excluding hydrogens is 336 g/mol. The fourth-order valence-corrected chi connectivity index (χ4v) is 5.87. The van der Waals surface area contributed by atoms with Crippen molar-refractivity contribution in [1.29, 1.82) is 0 Å². The fraction of sp³-hybridized carbons (Fsp3) is 1.00. The Bertz CT molecular complexity index is 417. The van der Waals surface area contributed by atoms with E-state index < -0.39 is 0 Å². The van der Waals surface area contributed by atoms with Gasteiger partial charge in [-0.15, -0.1) is 0 Å². The zero-order chi connectivity index (χ0) is 19.2. The summed E-state index contributed by atoms with van der Waals surface area (Å²) in [6.07, 6.45) is 8.68. The van der Waals surface area contributed by atoms with Crippen LogP contribution in [-0.2, 0) is 0 Å². The van der Waals surface area contributed by atoms with Crippen molar-refractivity contribution in [3.05, 3.63) is 0 Å². The Morgan fingerprint density at radius 1 is 0.741 bits per heavy atom. The third kappa shape index (κ3) is 5.66. The summed E-state index contributed by atoms with van der Waals surface area (Å²) in [4.78, 5) is 11.0. The van der Waals surface area contributed by atoms with Gasteiger partial charge in [0.25, 0.3) is 0 Å². The summed E-state index contributed by atoms with van der Waals surface area (Å²) in [5, 5.41) is 7.00. The number of hydrogen-bond acceptors (Lipinski definition) is 5. The van der Waals surface area contributed by atoms with Crippen LogP contribution in [0.15, 0.2) is 0 Å². The first-order valence-corrected chi connectivity index (χ1v) is 11.6. The van der Waals surface area contributed by atoms with E-state index in [9.17, 15) is 0 Å². The average Bonchev–Trinajstić information content (AvgIpc) is 3.31. The lowest BCUT2D eigenvalue weighted by molar-refractivity contribution is 0.0750. The van der Waals surface area contributed by atoms with Crippen molar-refractivity contribution in [2.45, 2.75) is 70.5 Å². The summed E-state index contributed by atoms with van der Waals surface area (Å²) < 4.78 is 0. The number of aliphatic hydroxyl groups excluding tert-OH is 1. The number of hydrogen-bond donors (Lipinski definition) is 1. The maximum atomic E-state index is 7.00. The Kier molecular flexibility index (Phi) is 8.40. The van der Waals surface area contributed by atoms with Gasteiger partial charge in [-0.3, -0.25) is 9.80 Å². The molecule has 4 aliphatic heterocycles. The van der Waals surface area contributed by atoms with Crippen LogP contribution in [0.3, 0.4) is 0 Å². The van der Waals surface area contributed by atoms with E-state index in [0.29, 0.717) is 0 Å². The van der Waals surface area contributed by atoms with Crippen molar-refractivity contribution in [3.8, 4) is 0 Å². The highest BCUT2D eigenvalue weighted by Gasteiger charge is 2.37. The first-order chi connectivity index (χ1) is 13.2. The van der Waals surface area contributed by atoms with Crippen molar-refractivity contribution in [1.82, 2.24) is 19.6 Å². The largest absolute Gasteiger partial charge is 0.400 e. The van der Waals surface area contributed by atoms with Gasteiger partial charge in [-0.1, -0.05) is 0 Å². The van der Waals surface area contributed by atoms with Crippen LogP contribution in [0.4, 0.5) is 0 Å². The van der Waals surface area contributed by atoms with Crippen LogP contribution >= 0.6 is 0 Å². The molecule has 0 saturated carbocycles. The van der Waals surface area contributed by atoms with Crippen molar-refractivity contribution in [3.63, 3.8) is 0 Å². The van der Waals surface area contributed by atoms with Gasteiger partial charge in [-0.2, -0.15) is 0 Å². The van der Waals surface area contributed by atoms with E-state index in [-0.39, 0.29) is 0 Å². The molecule has 158 valence electrons. The lowest BCUT2D eigenvalue weighted by atomic mass is 9.95. The number of piperidine rings is 1. The van der Waals surface area contributed by atoms with Crippen LogP contribution < -0.4 is 0 Å². The molecule has 5 nitrogen and oxygen atoms in total. The quantitative estimate of drug-likeness (QED) is 0.788. The van der Waals surface area contributed by atoms with E-state index in [1.165, 1.54) is 97.4 Å². The molecule has 0 radical (unpaired) electrons. The second-order valence-corrected chi connectivity index (χ2v) is 9.44. The summed E-state index contributed by atoms with van der Waals surface area (Å²) in [5.41, 5.74) is 0. The normalized spacial score (nSPS) is 31.9. The molecule has 5 heteroatoms. The van der Waals surface area contributed by atoms with Crippen LogP contribution in [0, 0.1) is 5.92 Å². The van der Waals surface area contributed by atoms with Gasteiger partial charge >= 0.3 is 0 Å². The third-order valence-corrected chi connectivity index (χ3v) is 7.55. The van der Waals surface area contributed by atoms with Crippen LogP contribution in [-0.4, -0.2) is 109 Å². The average molecular weight is 381 g/mol. The highest BCUT2D eigenvalue weighted by Crippen LogP contribution is 2.32. The highest BCUT2D eigenvalue weighted by molar-refractivity contribution is 4.93. The van der Waals surface area contributed by atoms with Gasteiger partial charge < -0.3 is 14.9 Å². The molecular formula is C22H44N4O. The maximum absolute atomic E-state index is 7.00. The Morgan fingerprint density at radius 2 is 1.37 bits per heavy atom. The molecule has 4 saturated heterocycles. The summed E-state index contributed by atoms with van der Waals surface area (Å²) in [6.45, 7) is 16.6. The van der Waals surface area contributed by atoms with E-state index >= 15 is 0 Å². The van der Waals surface area contributed by atoms with E-state index in [2.05, 4.69) is 33.4 Å². The second kappa shape index (κ2) is 10.5. The molecule has 2 unspecified atom stereocenters. The van der Waals surface area contributed by atoms with Crippen LogP contribution in [0.25, 0.3) is 0 Å². The molecule has 4 heterocycles.